The normalized spacial score (nSPS) is 14.1. The first-order valence-electron chi connectivity index (χ1n) is 6.43. The van der Waals surface area contributed by atoms with Crippen molar-refractivity contribution in [3.63, 3.8) is 0 Å². The van der Waals surface area contributed by atoms with Crippen LogP contribution in [0.2, 0.25) is 0 Å². The first-order valence-corrected chi connectivity index (χ1v) is 6.43. The molecule has 1 atom stereocenters. The predicted octanol–water partition coefficient (Wildman–Crippen LogP) is 2.72. The van der Waals surface area contributed by atoms with Crippen LogP contribution >= 0.6 is 0 Å². The molecule has 0 aliphatic carbocycles. The van der Waals surface area contributed by atoms with Crippen molar-refractivity contribution >= 4 is 0 Å². The zero-order chi connectivity index (χ0) is 13.9. The second-order valence-electron chi connectivity index (χ2n) is 4.62. The van der Waals surface area contributed by atoms with E-state index in [1.807, 2.05) is 45.0 Å². The van der Waals surface area contributed by atoms with E-state index in [1.165, 1.54) is 0 Å². The maximum Gasteiger partial charge on any atom is 0.261 e. The number of rotatable bonds is 5. The molecule has 0 bridgehead atoms. The van der Waals surface area contributed by atoms with Crippen molar-refractivity contribution in [2.45, 2.75) is 32.7 Å². The minimum Gasteiger partial charge on any atom is -0.493 e. The molecule has 1 heterocycles. The average molecular weight is 261 g/mol. The van der Waals surface area contributed by atoms with E-state index in [0.717, 1.165) is 17.7 Å². The molecule has 0 saturated heterocycles. The van der Waals surface area contributed by atoms with Gasteiger partial charge in [-0.25, -0.2) is 0 Å². The second kappa shape index (κ2) is 5.40. The van der Waals surface area contributed by atoms with E-state index in [0.29, 0.717) is 18.3 Å². The van der Waals surface area contributed by atoms with Gasteiger partial charge in [-0.3, -0.25) is 0 Å². The molecule has 0 amide bonds. The van der Waals surface area contributed by atoms with E-state index in [1.54, 1.807) is 0 Å². The van der Waals surface area contributed by atoms with Gasteiger partial charge in [0.25, 0.3) is 5.89 Å². The molecule has 5 heteroatoms. The van der Waals surface area contributed by atoms with Crippen molar-refractivity contribution in [2.75, 3.05) is 6.61 Å². The molecule has 0 spiro atoms. The summed E-state index contributed by atoms with van der Waals surface area (Å²) in [5.41, 5.74) is 6.32. The molecule has 2 rings (SSSR count). The average Bonchev–Trinajstić information content (AvgIpc) is 2.90. The van der Waals surface area contributed by atoms with E-state index in [-0.39, 0.29) is 0 Å². The summed E-state index contributed by atoms with van der Waals surface area (Å²) >= 11 is 0. The van der Waals surface area contributed by atoms with Gasteiger partial charge in [0.05, 0.1) is 17.7 Å². The van der Waals surface area contributed by atoms with Crippen LogP contribution in [0.1, 0.15) is 33.0 Å². The lowest BCUT2D eigenvalue weighted by atomic mass is 10.00. The first kappa shape index (κ1) is 13.5. The molecule has 5 nitrogen and oxygen atoms in total. The highest BCUT2D eigenvalue weighted by Crippen LogP contribution is 2.30. The second-order valence-corrected chi connectivity index (χ2v) is 4.62. The van der Waals surface area contributed by atoms with Crippen LogP contribution in [0.15, 0.2) is 28.8 Å². The van der Waals surface area contributed by atoms with Gasteiger partial charge < -0.3 is 15.0 Å². The fourth-order valence-corrected chi connectivity index (χ4v) is 1.65. The Hall–Kier alpha value is -1.88. The Morgan fingerprint density at radius 1 is 1.32 bits per heavy atom. The number of para-hydroxylation sites is 1. The van der Waals surface area contributed by atoms with Gasteiger partial charge in [-0.15, -0.1) is 0 Å². The summed E-state index contributed by atoms with van der Waals surface area (Å²) in [5, 5.41) is 3.97. The molecule has 0 radical (unpaired) electrons. The molecule has 102 valence electrons. The number of benzene rings is 1. The van der Waals surface area contributed by atoms with Gasteiger partial charge in [-0.05, 0) is 32.4 Å². The summed E-state index contributed by atoms with van der Waals surface area (Å²) in [5.74, 6) is 1.68. The molecule has 19 heavy (non-hydrogen) atoms. The summed E-state index contributed by atoms with van der Waals surface area (Å²) in [6.07, 6.45) is 0.735. The van der Waals surface area contributed by atoms with Crippen LogP contribution in [-0.4, -0.2) is 16.7 Å². The topological polar surface area (TPSA) is 74.2 Å². The molecule has 2 N–H and O–H groups in total. The molecule has 0 fully saturated rings. The van der Waals surface area contributed by atoms with E-state index in [9.17, 15) is 0 Å². The number of nitrogens with two attached hydrogens (primary N) is 1. The van der Waals surface area contributed by atoms with Crippen LogP contribution in [0.25, 0.3) is 11.5 Å². The highest BCUT2D eigenvalue weighted by atomic mass is 16.5. The van der Waals surface area contributed by atoms with E-state index < -0.39 is 5.54 Å². The summed E-state index contributed by atoms with van der Waals surface area (Å²) in [7, 11) is 0. The Balaban J connectivity index is 2.38. The summed E-state index contributed by atoms with van der Waals surface area (Å²) < 4.78 is 10.9. The largest absolute Gasteiger partial charge is 0.493 e. The molecule has 1 unspecified atom stereocenters. The van der Waals surface area contributed by atoms with Gasteiger partial charge in [-0.2, -0.15) is 4.98 Å². The fraction of sp³-hybridized carbons (Fsp3) is 0.429. The predicted molar refractivity (Wildman–Crippen MR) is 72.7 cm³/mol. The summed E-state index contributed by atoms with van der Waals surface area (Å²) in [6, 6.07) is 7.58. The Kier molecular flexibility index (Phi) is 3.85. The number of ether oxygens (including phenoxy) is 1. The Morgan fingerprint density at radius 2 is 2.05 bits per heavy atom. The zero-order valence-electron chi connectivity index (χ0n) is 11.5. The van der Waals surface area contributed by atoms with E-state index in [2.05, 4.69) is 10.1 Å². The minimum absolute atomic E-state index is 0.434. The standard InChI is InChI=1S/C14H19N3O2/c1-4-14(3,15)13-16-12(19-17-13)10-8-6-7-9-11(10)18-5-2/h6-9H,4-5,15H2,1-3H3. The SMILES string of the molecule is CCOc1ccccc1-c1nc(C(C)(N)CC)no1. The van der Waals surface area contributed by atoms with Gasteiger partial charge in [0.2, 0.25) is 0 Å². The molecule has 0 aliphatic rings. The van der Waals surface area contributed by atoms with Gasteiger partial charge in [0.15, 0.2) is 5.82 Å². The lowest BCUT2D eigenvalue weighted by Crippen LogP contribution is -2.33. The maximum absolute atomic E-state index is 6.11. The van der Waals surface area contributed by atoms with Crippen LogP contribution in [0.5, 0.6) is 5.75 Å². The molecule has 0 saturated carbocycles. The van der Waals surface area contributed by atoms with Crippen molar-refractivity contribution in [1.29, 1.82) is 0 Å². The Labute approximate surface area is 112 Å². The molecule has 1 aromatic heterocycles. The van der Waals surface area contributed by atoms with Crippen molar-refractivity contribution in [1.82, 2.24) is 10.1 Å². The first-order chi connectivity index (χ1) is 9.08. The molecular weight excluding hydrogens is 242 g/mol. The van der Waals surface area contributed by atoms with Crippen LogP contribution < -0.4 is 10.5 Å². The third-order valence-corrected chi connectivity index (χ3v) is 3.09. The molecule has 1 aromatic carbocycles. The number of aromatic nitrogens is 2. The smallest absolute Gasteiger partial charge is 0.261 e. The minimum atomic E-state index is -0.581. The van der Waals surface area contributed by atoms with E-state index in [4.69, 9.17) is 15.0 Å². The lowest BCUT2D eigenvalue weighted by molar-refractivity contribution is 0.338. The quantitative estimate of drug-likeness (QED) is 0.895. The third-order valence-electron chi connectivity index (χ3n) is 3.09. The van der Waals surface area contributed by atoms with Gasteiger partial charge in [0, 0.05) is 0 Å². The van der Waals surface area contributed by atoms with Crippen LogP contribution in [-0.2, 0) is 5.54 Å². The zero-order valence-corrected chi connectivity index (χ0v) is 11.5. The number of nitrogens with zero attached hydrogens (tertiary/aromatic N) is 2. The van der Waals surface area contributed by atoms with Crippen LogP contribution in [0.4, 0.5) is 0 Å². The van der Waals surface area contributed by atoms with E-state index >= 15 is 0 Å². The highest BCUT2D eigenvalue weighted by molar-refractivity contribution is 5.62. The summed E-state index contributed by atoms with van der Waals surface area (Å²) in [6.45, 7) is 6.39. The monoisotopic (exact) mass is 261 g/mol. The van der Waals surface area contributed by atoms with Gasteiger partial charge >= 0.3 is 0 Å². The summed E-state index contributed by atoms with van der Waals surface area (Å²) in [4.78, 5) is 4.38. The van der Waals surface area contributed by atoms with Gasteiger partial charge in [-0.1, -0.05) is 24.2 Å². The molecule has 2 aromatic rings. The Bertz CT molecular complexity index is 549. The van der Waals surface area contributed by atoms with Crippen molar-refractivity contribution in [3.05, 3.63) is 30.1 Å². The number of hydrogen-bond donors (Lipinski definition) is 1. The van der Waals surface area contributed by atoms with Crippen LogP contribution in [0, 0.1) is 0 Å². The van der Waals surface area contributed by atoms with Gasteiger partial charge in [0.1, 0.15) is 5.75 Å². The van der Waals surface area contributed by atoms with Crippen molar-refractivity contribution in [2.24, 2.45) is 5.73 Å². The van der Waals surface area contributed by atoms with Crippen molar-refractivity contribution < 1.29 is 9.26 Å². The van der Waals surface area contributed by atoms with Crippen LogP contribution in [0.3, 0.4) is 0 Å². The molecular formula is C14H19N3O2. The third kappa shape index (κ3) is 2.76. The Morgan fingerprint density at radius 3 is 2.74 bits per heavy atom. The number of hydrogen-bond acceptors (Lipinski definition) is 5. The molecule has 0 aliphatic heterocycles. The lowest BCUT2D eigenvalue weighted by Gasteiger charge is -2.16. The fourth-order valence-electron chi connectivity index (χ4n) is 1.65. The van der Waals surface area contributed by atoms with Crippen molar-refractivity contribution in [3.8, 4) is 17.2 Å². The highest BCUT2D eigenvalue weighted by Gasteiger charge is 2.26. The maximum atomic E-state index is 6.11.